The number of nitrogens with zero attached hydrogens (tertiary/aromatic N) is 2. The van der Waals surface area contributed by atoms with E-state index < -0.39 is 37.0 Å². The summed E-state index contributed by atoms with van der Waals surface area (Å²) in [5, 5.41) is 19.7. The summed E-state index contributed by atoms with van der Waals surface area (Å²) in [6, 6.07) is -1.87. The van der Waals surface area contributed by atoms with Crippen molar-refractivity contribution < 1.29 is 33.8 Å². The van der Waals surface area contributed by atoms with Gasteiger partial charge >= 0.3 is 18.4 Å². The lowest BCUT2D eigenvalue weighted by Gasteiger charge is -2.37. The monoisotopic (exact) mass is 305 g/mol. The van der Waals surface area contributed by atoms with Crippen molar-refractivity contribution in [3.05, 3.63) is 11.8 Å². The van der Waals surface area contributed by atoms with Crippen molar-refractivity contribution in [1.29, 1.82) is 0 Å². The molecular weight excluding hydrogens is 289 g/mol. The second-order valence-corrected chi connectivity index (χ2v) is 4.13. The van der Waals surface area contributed by atoms with Crippen LogP contribution in [0.15, 0.2) is 11.8 Å². The number of urea groups is 1. The highest BCUT2D eigenvalue weighted by Gasteiger charge is 2.38. The zero-order valence-electron chi connectivity index (χ0n) is 11.4. The largest absolute Gasteiger partial charge is 0.477 e. The van der Waals surface area contributed by atoms with Crippen molar-refractivity contribution in [1.82, 2.24) is 15.3 Å². The highest BCUT2D eigenvalue weighted by Crippen LogP contribution is 2.21. The van der Waals surface area contributed by atoms with E-state index in [1.165, 1.54) is 6.92 Å². The predicted octanol–water partition coefficient (Wildman–Crippen LogP) is -0.606. The molecule has 9 nitrogen and oxygen atoms in total. The van der Waals surface area contributed by atoms with Crippen LogP contribution in [0.1, 0.15) is 13.8 Å². The van der Waals surface area contributed by atoms with Crippen molar-refractivity contribution in [2.45, 2.75) is 26.2 Å². The first kappa shape index (κ1) is 16.9. The Hall–Kier alpha value is -2.20. The Kier molecular flexibility index (Phi) is 5.61. The minimum atomic E-state index is -2.71. The summed E-state index contributed by atoms with van der Waals surface area (Å²) in [6.45, 7) is 2.57. The molecule has 118 valence electrons. The number of hydrogen-bond acceptors (Lipinski definition) is 5. The molecule has 0 bridgehead atoms. The minimum absolute atomic E-state index is 0.0947. The number of carbonyl (C=O) groups excluding carboxylic acids is 2. The number of amides is 3. The molecule has 1 aliphatic rings. The molecule has 3 amide bonds. The van der Waals surface area contributed by atoms with Gasteiger partial charge in [0.2, 0.25) is 5.91 Å². The summed E-state index contributed by atoms with van der Waals surface area (Å²) in [6.07, 6.45) is -1.68. The average molecular weight is 305 g/mol. The van der Waals surface area contributed by atoms with Gasteiger partial charge in [-0.3, -0.25) is 4.79 Å². The molecule has 21 heavy (non-hydrogen) atoms. The number of aliphatic carboxylic acids is 1. The molecule has 1 heterocycles. The number of rotatable bonds is 6. The molecule has 1 aliphatic heterocycles. The minimum Gasteiger partial charge on any atom is -0.477 e. The van der Waals surface area contributed by atoms with Gasteiger partial charge in [0.1, 0.15) is 12.8 Å². The van der Waals surface area contributed by atoms with E-state index >= 15 is 0 Å². The first-order valence-electron chi connectivity index (χ1n) is 6.03. The molecule has 0 saturated carbocycles. The summed E-state index contributed by atoms with van der Waals surface area (Å²) >= 11 is 0. The van der Waals surface area contributed by atoms with E-state index in [0.717, 1.165) is 11.1 Å². The highest BCUT2D eigenvalue weighted by molar-refractivity contribution is 5.91. The lowest BCUT2D eigenvalue weighted by atomic mass is 10.1. The number of carbonyl (C=O) groups is 3. The van der Waals surface area contributed by atoms with E-state index in [1.54, 1.807) is 6.92 Å². The molecule has 0 unspecified atom stereocenters. The van der Waals surface area contributed by atoms with Gasteiger partial charge in [-0.15, -0.1) is 0 Å². The van der Waals surface area contributed by atoms with Crippen LogP contribution in [0, 0.1) is 0 Å². The standard InChI is InChI=1S/C11H16FN3O6/c1-3-14-7(9(17)13-5-16)6(2)4-15(11(14)20)21-8(12)10(18)19/h4,7-8,16H,3,5H2,1-2H3,(H,13,17)(H,18,19)/t7-,8+/m0/s1. The Labute approximate surface area is 119 Å². The number of hydrogen-bond donors (Lipinski definition) is 3. The van der Waals surface area contributed by atoms with Crippen LogP contribution in [0.2, 0.25) is 0 Å². The Morgan fingerprint density at radius 3 is 2.67 bits per heavy atom. The molecular formula is C11H16FN3O6. The molecule has 0 fully saturated rings. The fraction of sp³-hybridized carbons (Fsp3) is 0.545. The number of carboxylic acids is 1. The van der Waals surface area contributed by atoms with E-state index in [9.17, 15) is 18.8 Å². The molecule has 10 heteroatoms. The molecule has 0 saturated heterocycles. The SMILES string of the molecule is CCN1C(=O)N(O[C@@H](F)C(=O)O)C=C(C)[C@H]1C(=O)NCO. The van der Waals surface area contributed by atoms with Crippen molar-refractivity contribution in [3.63, 3.8) is 0 Å². The summed E-state index contributed by atoms with van der Waals surface area (Å²) in [5.41, 5.74) is 0.319. The molecule has 0 spiro atoms. The number of halogens is 1. The van der Waals surface area contributed by atoms with Crippen LogP contribution >= 0.6 is 0 Å². The fourth-order valence-electron chi connectivity index (χ4n) is 1.85. The number of alkyl halides is 1. The normalized spacial score (nSPS) is 20.1. The van der Waals surface area contributed by atoms with E-state index in [1.807, 2.05) is 0 Å². The second kappa shape index (κ2) is 6.99. The lowest BCUT2D eigenvalue weighted by molar-refractivity contribution is -0.207. The summed E-state index contributed by atoms with van der Waals surface area (Å²) in [7, 11) is 0. The third-order valence-electron chi connectivity index (χ3n) is 2.74. The third kappa shape index (κ3) is 3.67. The topological polar surface area (TPSA) is 119 Å². The second-order valence-electron chi connectivity index (χ2n) is 4.13. The quantitative estimate of drug-likeness (QED) is 0.563. The van der Waals surface area contributed by atoms with E-state index in [2.05, 4.69) is 10.2 Å². The van der Waals surface area contributed by atoms with E-state index in [4.69, 9.17) is 10.2 Å². The number of hydroxylamine groups is 2. The molecule has 0 aliphatic carbocycles. The van der Waals surface area contributed by atoms with E-state index in [0.29, 0.717) is 10.6 Å². The predicted molar refractivity (Wildman–Crippen MR) is 66.0 cm³/mol. The van der Waals surface area contributed by atoms with Crippen LogP contribution in [-0.4, -0.2) is 63.8 Å². The third-order valence-corrected chi connectivity index (χ3v) is 2.74. The van der Waals surface area contributed by atoms with Crippen LogP contribution in [0.5, 0.6) is 0 Å². The van der Waals surface area contributed by atoms with Crippen molar-refractivity contribution in [2.75, 3.05) is 13.3 Å². The zero-order chi connectivity index (χ0) is 16.2. The Bertz CT molecular complexity index is 469. The van der Waals surface area contributed by atoms with Gasteiger partial charge in [0, 0.05) is 12.7 Å². The number of carboxylic acid groups (broad SMARTS) is 1. The Morgan fingerprint density at radius 2 is 2.19 bits per heavy atom. The van der Waals surface area contributed by atoms with Crippen molar-refractivity contribution in [2.24, 2.45) is 0 Å². The first-order valence-corrected chi connectivity index (χ1v) is 6.03. The van der Waals surface area contributed by atoms with Crippen LogP contribution in [-0.2, 0) is 14.4 Å². The number of nitrogens with one attached hydrogen (secondary N) is 1. The van der Waals surface area contributed by atoms with Crippen LogP contribution in [0.4, 0.5) is 9.18 Å². The number of likely N-dealkylation sites (N-methyl/N-ethyl adjacent to an activating group) is 1. The number of aliphatic hydroxyl groups excluding tert-OH is 1. The van der Waals surface area contributed by atoms with Gasteiger partial charge in [0.15, 0.2) is 0 Å². The lowest BCUT2D eigenvalue weighted by Crippen LogP contribution is -2.57. The van der Waals surface area contributed by atoms with Crippen LogP contribution in [0.3, 0.4) is 0 Å². The van der Waals surface area contributed by atoms with Gasteiger partial charge in [-0.05, 0) is 19.4 Å². The first-order chi connectivity index (χ1) is 9.83. The van der Waals surface area contributed by atoms with Crippen LogP contribution < -0.4 is 5.32 Å². The zero-order valence-corrected chi connectivity index (χ0v) is 11.4. The number of aliphatic hydroxyl groups is 1. The summed E-state index contributed by atoms with van der Waals surface area (Å²) < 4.78 is 13.0. The molecule has 0 aromatic rings. The van der Waals surface area contributed by atoms with Gasteiger partial charge in [0.05, 0.1) is 0 Å². The molecule has 1 rings (SSSR count). The molecule has 0 aromatic carbocycles. The maximum Gasteiger partial charge on any atom is 0.368 e. The maximum absolute atomic E-state index is 13.0. The van der Waals surface area contributed by atoms with Gasteiger partial charge < -0.3 is 20.4 Å². The van der Waals surface area contributed by atoms with Crippen molar-refractivity contribution >= 4 is 17.9 Å². The highest BCUT2D eigenvalue weighted by atomic mass is 19.1. The van der Waals surface area contributed by atoms with Crippen molar-refractivity contribution in [3.8, 4) is 0 Å². The van der Waals surface area contributed by atoms with Crippen LogP contribution in [0.25, 0.3) is 0 Å². The Morgan fingerprint density at radius 1 is 1.57 bits per heavy atom. The summed E-state index contributed by atoms with van der Waals surface area (Å²) in [5.74, 6) is -2.49. The van der Waals surface area contributed by atoms with E-state index in [-0.39, 0.29) is 6.54 Å². The van der Waals surface area contributed by atoms with Gasteiger partial charge in [-0.2, -0.15) is 5.06 Å². The maximum atomic E-state index is 13.0. The Balaban J connectivity index is 3.01. The molecule has 3 N–H and O–H groups in total. The summed E-state index contributed by atoms with van der Waals surface area (Å²) in [4.78, 5) is 39.7. The smallest absolute Gasteiger partial charge is 0.368 e. The molecule has 0 radical (unpaired) electrons. The van der Waals surface area contributed by atoms with Gasteiger partial charge in [-0.25, -0.2) is 18.8 Å². The van der Waals surface area contributed by atoms with Gasteiger partial charge in [0.25, 0.3) is 0 Å². The fourth-order valence-corrected chi connectivity index (χ4v) is 1.85. The van der Waals surface area contributed by atoms with Gasteiger partial charge in [-0.1, -0.05) is 0 Å². The average Bonchev–Trinajstić information content (AvgIpc) is 2.41. The molecule has 2 atom stereocenters. The molecule has 0 aromatic heterocycles.